The van der Waals surface area contributed by atoms with E-state index in [1.807, 2.05) is 40.6 Å². The molecule has 5 nitrogen and oxygen atoms in total. The molecule has 0 bridgehead atoms. The molecule has 1 aliphatic carbocycles. The molecule has 6 heteroatoms. The van der Waals surface area contributed by atoms with Crippen LogP contribution in [-0.4, -0.2) is 38.9 Å². The second-order valence-electron chi connectivity index (χ2n) is 7.57. The standard InChI is InChI=1S/C20H28N4OS/c1-22-19(16-10-4-6-12-18(16)25-2)21-24(20(22)26)14-23-13-7-9-15-8-3-5-11-17(15)23/h4,6,10,12,15,17H,3,5,7-9,11,13-14H2,1-2H3/t15-,17-/m1/s1. The topological polar surface area (TPSA) is 35.2 Å². The van der Waals surface area contributed by atoms with E-state index in [9.17, 15) is 0 Å². The number of ether oxygens (including phenoxy) is 1. The number of para-hydroxylation sites is 1. The van der Waals surface area contributed by atoms with Crippen molar-refractivity contribution in [1.29, 1.82) is 0 Å². The zero-order chi connectivity index (χ0) is 18.1. The Labute approximate surface area is 160 Å². The maximum atomic E-state index is 5.70. The molecule has 0 radical (unpaired) electrons. The average Bonchev–Trinajstić information content (AvgIpc) is 2.96. The van der Waals surface area contributed by atoms with Crippen LogP contribution in [0.2, 0.25) is 0 Å². The summed E-state index contributed by atoms with van der Waals surface area (Å²) in [6.07, 6.45) is 8.15. The van der Waals surface area contributed by atoms with Gasteiger partial charge in [-0.25, -0.2) is 4.68 Å². The number of methoxy groups -OCH3 is 1. The maximum absolute atomic E-state index is 5.70. The highest BCUT2D eigenvalue weighted by Crippen LogP contribution is 2.35. The number of nitrogens with zero attached hydrogens (tertiary/aromatic N) is 4. The number of fused-ring (bicyclic) bond motifs is 1. The Kier molecular flexibility index (Phi) is 5.14. The lowest BCUT2D eigenvalue weighted by atomic mass is 9.78. The summed E-state index contributed by atoms with van der Waals surface area (Å²) in [5, 5.41) is 4.87. The summed E-state index contributed by atoms with van der Waals surface area (Å²) in [5.41, 5.74) is 0.983. The SMILES string of the molecule is COc1ccccc1-c1nn(CN2CCC[C@H]3CCCC[C@H]32)c(=S)n1C. The van der Waals surface area contributed by atoms with Gasteiger partial charge in [0.2, 0.25) is 0 Å². The van der Waals surface area contributed by atoms with Gasteiger partial charge < -0.3 is 9.30 Å². The zero-order valence-corrected chi connectivity index (χ0v) is 16.5. The maximum Gasteiger partial charge on any atom is 0.199 e. The van der Waals surface area contributed by atoms with Crippen molar-refractivity contribution < 1.29 is 4.74 Å². The lowest BCUT2D eigenvalue weighted by molar-refractivity contribution is 0.0323. The molecule has 0 N–H and O–H groups in total. The van der Waals surface area contributed by atoms with Crippen LogP contribution in [0.25, 0.3) is 11.4 Å². The minimum atomic E-state index is 0.705. The number of aromatic nitrogens is 3. The lowest BCUT2D eigenvalue weighted by Gasteiger charge is -2.43. The van der Waals surface area contributed by atoms with Gasteiger partial charge in [0.25, 0.3) is 0 Å². The summed E-state index contributed by atoms with van der Waals surface area (Å²) < 4.78 is 10.3. The zero-order valence-electron chi connectivity index (χ0n) is 15.7. The van der Waals surface area contributed by atoms with Crippen molar-refractivity contribution in [1.82, 2.24) is 19.2 Å². The van der Waals surface area contributed by atoms with Gasteiger partial charge in [0.05, 0.1) is 19.3 Å². The van der Waals surface area contributed by atoms with Crippen molar-refractivity contribution in [3.8, 4) is 17.1 Å². The van der Waals surface area contributed by atoms with Crippen LogP contribution in [0.5, 0.6) is 5.75 Å². The first kappa shape index (κ1) is 17.7. The molecule has 0 unspecified atom stereocenters. The number of hydrogen-bond donors (Lipinski definition) is 0. The highest BCUT2D eigenvalue weighted by atomic mass is 32.1. The van der Waals surface area contributed by atoms with E-state index >= 15 is 0 Å². The molecule has 1 aromatic heterocycles. The summed E-state index contributed by atoms with van der Waals surface area (Å²) in [6.45, 7) is 1.95. The van der Waals surface area contributed by atoms with Crippen molar-refractivity contribution in [3.63, 3.8) is 0 Å². The van der Waals surface area contributed by atoms with Gasteiger partial charge in [-0.15, -0.1) is 0 Å². The first-order chi connectivity index (χ1) is 12.7. The van der Waals surface area contributed by atoms with Gasteiger partial charge in [-0.1, -0.05) is 25.0 Å². The number of piperidine rings is 1. The number of benzene rings is 1. The lowest BCUT2D eigenvalue weighted by Crippen LogP contribution is -2.47. The molecule has 4 rings (SSSR count). The molecule has 2 fully saturated rings. The van der Waals surface area contributed by atoms with E-state index in [0.717, 1.165) is 41.0 Å². The Hall–Kier alpha value is -1.66. The van der Waals surface area contributed by atoms with E-state index in [1.54, 1.807) is 7.11 Å². The van der Waals surface area contributed by atoms with Gasteiger partial charge >= 0.3 is 0 Å². The molecule has 0 amide bonds. The average molecular weight is 373 g/mol. The van der Waals surface area contributed by atoms with Crippen LogP contribution < -0.4 is 4.74 Å². The van der Waals surface area contributed by atoms with Crippen molar-refractivity contribution in [3.05, 3.63) is 29.0 Å². The molecule has 2 aliphatic rings. The second-order valence-corrected chi connectivity index (χ2v) is 7.94. The van der Waals surface area contributed by atoms with E-state index in [1.165, 1.54) is 38.5 Å². The summed E-state index contributed by atoms with van der Waals surface area (Å²) in [7, 11) is 3.69. The molecule has 1 saturated carbocycles. The first-order valence-corrected chi connectivity index (χ1v) is 10.1. The second kappa shape index (κ2) is 7.53. The number of likely N-dealkylation sites (tertiary alicyclic amines) is 1. The van der Waals surface area contributed by atoms with Crippen LogP contribution in [0, 0.1) is 10.7 Å². The Morgan fingerprint density at radius 2 is 1.92 bits per heavy atom. The van der Waals surface area contributed by atoms with E-state index in [4.69, 9.17) is 22.1 Å². The third-order valence-electron chi connectivity index (χ3n) is 6.06. The van der Waals surface area contributed by atoms with Crippen LogP contribution in [0.1, 0.15) is 38.5 Å². The Balaban J connectivity index is 1.63. The smallest absolute Gasteiger partial charge is 0.199 e. The minimum Gasteiger partial charge on any atom is -0.496 e. The molecule has 1 aromatic carbocycles. The molecule has 0 spiro atoms. The van der Waals surface area contributed by atoms with Gasteiger partial charge in [0.1, 0.15) is 5.75 Å². The fourth-order valence-electron chi connectivity index (χ4n) is 4.72. The monoisotopic (exact) mass is 372 g/mol. The normalized spacial score (nSPS) is 23.6. The summed E-state index contributed by atoms with van der Waals surface area (Å²) in [5.74, 6) is 2.56. The molecule has 2 aromatic rings. The predicted molar refractivity (Wildman–Crippen MR) is 106 cm³/mol. The molecular weight excluding hydrogens is 344 g/mol. The van der Waals surface area contributed by atoms with Gasteiger partial charge in [-0.05, 0) is 56.0 Å². The highest BCUT2D eigenvalue weighted by molar-refractivity contribution is 7.71. The van der Waals surface area contributed by atoms with Crippen LogP contribution >= 0.6 is 12.2 Å². The quantitative estimate of drug-likeness (QED) is 0.752. The van der Waals surface area contributed by atoms with Crippen molar-refractivity contribution in [2.75, 3.05) is 13.7 Å². The number of hydrogen-bond acceptors (Lipinski definition) is 4. The largest absolute Gasteiger partial charge is 0.496 e. The first-order valence-electron chi connectivity index (χ1n) is 9.70. The Bertz CT molecular complexity index is 825. The Morgan fingerprint density at radius 1 is 1.15 bits per heavy atom. The van der Waals surface area contributed by atoms with E-state index < -0.39 is 0 Å². The van der Waals surface area contributed by atoms with Crippen LogP contribution in [0.4, 0.5) is 0 Å². The molecule has 140 valence electrons. The van der Waals surface area contributed by atoms with Gasteiger partial charge in [0, 0.05) is 19.6 Å². The summed E-state index contributed by atoms with van der Waals surface area (Å²) in [4.78, 5) is 2.61. The number of rotatable bonds is 4. The third-order valence-corrected chi connectivity index (χ3v) is 6.55. The van der Waals surface area contributed by atoms with Crippen LogP contribution in [0.15, 0.2) is 24.3 Å². The molecule has 1 saturated heterocycles. The van der Waals surface area contributed by atoms with Gasteiger partial charge in [0.15, 0.2) is 10.6 Å². The van der Waals surface area contributed by atoms with E-state index in [2.05, 4.69) is 4.90 Å². The van der Waals surface area contributed by atoms with Gasteiger partial charge in [-0.2, -0.15) is 5.10 Å². The highest BCUT2D eigenvalue weighted by Gasteiger charge is 2.33. The fourth-order valence-corrected chi connectivity index (χ4v) is 4.90. The predicted octanol–water partition coefficient (Wildman–Crippen LogP) is 4.24. The third kappa shape index (κ3) is 3.21. The summed E-state index contributed by atoms with van der Waals surface area (Å²) in [6, 6.07) is 8.70. The molecule has 26 heavy (non-hydrogen) atoms. The van der Waals surface area contributed by atoms with E-state index in [-0.39, 0.29) is 0 Å². The molecule has 2 atom stereocenters. The van der Waals surface area contributed by atoms with Crippen molar-refractivity contribution in [2.24, 2.45) is 13.0 Å². The van der Waals surface area contributed by atoms with Crippen molar-refractivity contribution >= 4 is 12.2 Å². The minimum absolute atomic E-state index is 0.705. The van der Waals surface area contributed by atoms with Crippen LogP contribution in [0.3, 0.4) is 0 Å². The van der Waals surface area contributed by atoms with E-state index in [0.29, 0.717) is 6.04 Å². The van der Waals surface area contributed by atoms with Crippen LogP contribution in [-0.2, 0) is 13.7 Å². The fraction of sp³-hybridized carbons (Fsp3) is 0.600. The Morgan fingerprint density at radius 3 is 2.77 bits per heavy atom. The summed E-state index contributed by atoms with van der Waals surface area (Å²) >= 11 is 5.70. The molecule has 1 aliphatic heterocycles. The molecule has 2 heterocycles. The molecular formula is C20H28N4OS. The van der Waals surface area contributed by atoms with Crippen molar-refractivity contribution in [2.45, 2.75) is 51.2 Å². The van der Waals surface area contributed by atoms with Gasteiger partial charge in [-0.3, -0.25) is 4.90 Å².